The summed E-state index contributed by atoms with van der Waals surface area (Å²) in [6.45, 7) is 1.23. The smallest absolute Gasteiger partial charge is 0.323 e. The molecule has 2 saturated heterocycles. The molecule has 2 fully saturated rings. The topological polar surface area (TPSA) is 81.2 Å². The first-order chi connectivity index (χ1) is 8.49. The molecule has 7 heteroatoms. The van der Waals surface area contributed by atoms with Crippen molar-refractivity contribution in [3.8, 4) is 0 Å². The first-order valence-electron chi connectivity index (χ1n) is 6.00. The maximum absolute atomic E-state index is 12.0. The Morgan fingerprint density at radius 3 is 2.83 bits per heavy atom. The number of amides is 3. The van der Waals surface area contributed by atoms with Gasteiger partial charge >= 0.3 is 12.0 Å². The fraction of sp³-hybridized carbons (Fsp3) is 0.727. The average Bonchev–Trinajstić information content (AvgIpc) is 2.69. The number of fused-ring (bicyclic) bond motifs is 1. The molecule has 7 nitrogen and oxygen atoms in total. The number of likely N-dealkylation sites (N-methyl/N-ethyl adjacent to an activating group) is 1. The zero-order valence-corrected chi connectivity index (χ0v) is 10.3. The van der Waals surface area contributed by atoms with E-state index in [9.17, 15) is 14.4 Å². The van der Waals surface area contributed by atoms with E-state index in [2.05, 4.69) is 0 Å². The molecule has 2 rings (SSSR count). The van der Waals surface area contributed by atoms with Crippen molar-refractivity contribution in [3.63, 3.8) is 0 Å². The van der Waals surface area contributed by atoms with Gasteiger partial charge in [0, 0.05) is 39.1 Å². The SMILES string of the molecule is CN(CC(=O)O)C(=O)N1CCN2C(=O)CCC2C1. The number of carbonyl (C=O) groups is 3. The minimum absolute atomic E-state index is 0.105. The van der Waals surface area contributed by atoms with Gasteiger partial charge in [-0.25, -0.2) is 4.79 Å². The van der Waals surface area contributed by atoms with E-state index >= 15 is 0 Å². The van der Waals surface area contributed by atoms with Gasteiger partial charge in [-0.1, -0.05) is 0 Å². The predicted octanol–water partition coefficient (Wildman–Crippen LogP) is -0.571. The van der Waals surface area contributed by atoms with Crippen molar-refractivity contribution in [2.24, 2.45) is 0 Å². The van der Waals surface area contributed by atoms with Crippen LogP contribution >= 0.6 is 0 Å². The molecule has 0 bridgehead atoms. The Labute approximate surface area is 105 Å². The summed E-state index contributed by atoms with van der Waals surface area (Å²) in [5.41, 5.74) is 0. The number of carboxylic acid groups (broad SMARTS) is 1. The number of nitrogens with zero attached hydrogens (tertiary/aromatic N) is 3. The highest BCUT2D eigenvalue weighted by Gasteiger charge is 2.37. The second-order valence-electron chi connectivity index (χ2n) is 4.76. The Morgan fingerprint density at radius 1 is 1.44 bits per heavy atom. The van der Waals surface area contributed by atoms with Gasteiger partial charge in [-0.15, -0.1) is 0 Å². The molecule has 3 amide bonds. The number of carbonyl (C=O) groups excluding carboxylic acids is 2. The highest BCUT2D eigenvalue weighted by Crippen LogP contribution is 2.23. The summed E-state index contributed by atoms with van der Waals surface area (Å²) in [7, 11) is 1.47. The minimum atomic E-state index is -1.03. The van der Waals surface area contributed by atoms with E-state index < -0.39 is 5.97 Å². The maximum Gasteiger partial charge on any atom is 0.323 e. The molecular weight excluding hydrogens is 238 g/mol. The monoisotopic (exact) mass is 255 g/mol. The number of carboxylic acids is 1. The number of aliphatic carboxylic acids is 1. The summed E-state index contributed by atoms with van der Waals surface area (Å²) >= 11 is 0. The van der Waals surface area contributed by atoms with Crippen LogP contribution in [0.1, 0.15) is 12.8 Å². The molecule has 0 aromatic rings. The third-order valence-corrected chi connectivity index (χ3v) is 3.46. The van der Waals surface area contributed by atoms with Gasteiger partial charge in [0.1, 0.15) is 6.54 Å². The van der Waals surface area contributed by atoms with Crippen molar-refractivity contribution in [2.45, 2.75) is 18.9 Å². The number of rotatable bonds is 2. The van der Waals surface area contributed by atoms with Crippen LogP contribution in [0.2, 0.25) is 0 Å². The second-order valence-corrected chi connectivity index (χ2v) is 4.76. The van der Waals surface area contributed by atoms with Gasteiger partial charge in [0.05, 0.1) is 0 Å². The van der Waals surface area contributed by atoms with Crippen LogP contribution in [0.4, 0.5) is 4.79 Å². The van der Waals surface area contributed by atoms with Crippen LogP contribution in [0, 0.1) is 0 Å². The zero-order chi connectivity index (χ0) is 13.3. The lowest BCUT2D eigenvalue weighted by molar-refractivity contribution is -0.137. The van der Waals surface area contributed by atoms with Crippen molar-refractivity contribution < 1.29 is 19.5 Å². The highest BCUT2D eigenvalue weighted by atomic mass is 16.4. The number of hydrogen-bond donors (Lipinski definition) is 1. The van der Waals surface area contributed by atoms with Gasteiger partial charge in [-0.3, -0.25) is 9.59 Å². The highest BCUT2D eigenvalue weighted by molar-refractivity contribution is 5.81. The van der Waals surface area contributed by atoms with Gasteiger partial charge < -0.3 is 19.8 Å². The van der Waals surface area contributed by atoms with E-state index in [1.165, 1.54) is 11.9 Å². The molecule has 1 atom stereocenters. The van der Waals surface area contributed by atoms with Gasteiger partial charge in [0.15, 0.2) is 0 Å². The normalized spacial score (nSPS) is 22.9. The van der Waals surface area contributed by atoms with E-state index in [1.54, 1.807) is 4.90 Å². The van der Waals surface area contributed by atoms with Crippen LogP contribution in [0.25, 0.3) is 0 Å². The summed E-state index contributed by atoms with van der Waals surface area (Å²) < 4.78 is 0. The fourth-order valence-electron chi connectivity index (χ4n) is 2.55. The molecule has 1 N–H and O–H groups in total. The van der Waals surface area contributed by atoms with Gasteiger partial charge in [0.25, 0.3) is 0 Å². The van der Waals surface area contributed by atoms with E-state index in [0.29, 0.717) is 26.1 Å². The molecule has 1 unspecified atom stereocenters. The summed E-state index contributed by atoms with van der Waals surface area (Å²) in [5.74, 6) is -0.869. The Balaban J connectivity index is 1.93. The van der Waals surface area contributed by atoms with E-state index in [1.807, 2.05) is 4.90 Å². The third kappa shape index (κ3) is 2.39. The van der Waals surface area contributed by atoms with Crippen molar-refractivity contribution in [1.82, 2.24) is 14.7 Å². The molecule has 2 heterocycles. The van der Waals surface area contributed by atoms with Crippen molar-refractivity contribution >= 4 is 17.9 Å². The van der Waals surface area contributed by atoms with Crippen LogP contribution in [-0.4, -0.2) is 77.0 Å². The summed E-state index contributed by atoms with van der Waals surface area (Å²) in [6.07, 6.45) is 1.34. The molecule has 0 aromatic heterocycles. The van der Waals surface area contributed by atoms with Gasteiger partial charge in [-0.2, -0.15) is 0 Å². The third-order valence-electron chi connectivity index (χ3n) is 3.46. The average molecular weight is 255 g/mol. The van der Waals surface area contributed by atoms with Crippen molar-refractivity contribution in [3.05, 3.63) is 0 Å². The van der Waals surface area contributed by atoms with Crippen LogP contribution in [-0.2, 0) is 9.59 Å². The predicted molar refractivity (Wildman–Crippen MR) is 62.0 cm³/mol. The second kappa shape index (κ2) is 4.83. The van der Waals surface area contributed by atoms with E-state index in [-0.39, 0.29) is 24.5 Å². The lowest BCUT2D eigenvalue weighted by atomic mass is 10.1. The molecule has 2 aliphatic heterocycles. The quantitative estimate of drug-likeness (QED) is 0.716. The Morgan fingerprint density at radius 2 is 2.17 bits per heavy atom. The molecule has 18 heavy (non-hydrogen) atoms. The van der Waals surface area contributed by atoms with E-state index in [4.69, 9.17) is 5.11 Å². The molecule has 0 aromatic carbocycles. The molecular formula is C11H17N3O4. The number of hydrogen-bond acceptors (Lipinski definition) is 3. The molecule has 100 valence electrons. The molecule has 2 aliphatic rings. The first kappa shape index (κ1) is 12.7. The van der Waals surface area contributed by atoms with Crippen LogP contribution < -0.4 is 0 Å². The summed E-state index contributed by atoms with van der Waals surface area (Å²) in [6, 6.07) is -0.176. The molecule has 0 radical (unpaired) electrons. The van der Waals surface area contributed by atoms with Crippen LogP contribution in [0.3, 0.4) is 0 Å². The summed E-state index contributed by atoms with van der Waals surface area (Å²) in [5, 5.41) is 8.65. The standard InChI is InChI=1S/C11H17N3O4/c1-12(7-10(16)17)11(18)13-4-5-14-8(6-13)2-3-9(14)15/h8H,2-7H2,1H3,(H,16,17). The van der Waals surface area contributed by atoms with Gasteiger partial charge in [0.2, 0.25) is 5.91 Å². The molecule has 0 saturated carbocycles. The zero-order valence-electron chi connectivity index (χ0n) is 10.3. The van der Waals surface area contributed by atoms with E-state index in [0.717, 1.165) is 6.42 Å². The molecule has 0 spiro atoms. The molecule has 0 aliphatic carbocycles. The Bertz CT molecular complexity index is 384. The minimum Gasteiger partial charge on any atom is -0.480 e. The Hall–Kier alpha value is -1.79. The van der Waals surface area contributed by atoms with Crippen molar-refractivity contribution in [1.29, 1.82) is 0 Å². The largest absolute Gasteiger partial charge is 0.480 e. The Kier molecular flexibility index (Phi) is 3.40. The lowest BCUT2D eigenvalue weighted by Crippen LogP contribution is -2.56. The number of urea groups is 1. The number of piperazine rings is 1. The lowest BCUT2D eigenvalue weighted by Gasteiger charge is -2.38. The van der Waals surface area contributed by atoms with Crippen molar-refractivity contribution in [2.75, 3.05) is 33.2 Å². The summed E-state index contributed by atoms with van der Waals surface area (Å²) in [4.78, 5) is 38.7. The fourth-order valence-corrected chi connectivity index (χ4v) is 2.55. The van der Waals surface area contributed by atoms with Crippen LogP contribution in [0.15, 0.2) is 0 Å². The maximum atomic E-state index is 12.0. The van der Waals surface area contributed by atoms with Gasteiger partial charge in [-0.05, 0) is 6.42 Å². The van der Waals surface area contributed by atoms with Crippen LogP contribution in [0.5, 0.6) is 0 Å². The first-order valence-corrected chi connectivity index (χ1v) is 6.00.